The third-order valence-corrected chi connectivity index (χ3v) is 4.05. The number of hydrogen-bond acceptors (Lipinski definition) is 6. The molecule has 0 radical (unpaired) electrons. The van der Waals surface area contributed by atoms with Crippen LogP contribution in [-0.2, 0) is 14.8 Å². The van der Waals surface area contributed by atoms with Crippen LogP contribution in [0.2, 0.25) is 0 Å². The molecule has 20 heavy (non-hydrogen) atoms. The predicted octanol–water partition coefficient (Wildman–Crippen LogP) is 0.203. The fourth-order valence-corrected chi connectivity index (χ4v) is 2.86. The maximum atomic E-state index is 11.5. The fourth-order valence-electron chi connectivity index (χ4n) is 2.04. The molecule has 1 atom stereocenters. The number of rotatable bonds is 4. The Morgan fingerprint density at radius 1 is 1.50 bits per heavy atom. The molecule has 108 valence electrons. The smallest absolute Gasteiger partial charge is 0.241 e. The lowest BCUT2D eigenvalue weighted by molar-refractivity contribution is 0.167. The predicted molar refractivity (Wildman–Crippen MR) is 71.4 cm³/mol. The molecule has 1 heterocycles. The van der Waals surface area contributed by atoms with Gasteiger partial charge in [-0.25, -0.2) is 13.6 Å². The SMILES string of the molecule is N#Cc1c(OCC2CCOC2)ccc(N)c1S(N)(=O)=O. The van der Waals surface area contributed by atoms with Gasteiger partial charge in [0.05, 0.1) is 18.9 Å². The second kappa shape index (κ2) is 5.66. The van der Waals surface area contributed by atoms with Crippen molar-refractivity contribution in [3.05, 3.63) is 17.7 Å². The van der Waals surface area contributed by atoms with Crippen molar-refractivity contribution in [2.45, 2.75) is 11.3 Å². The second-order valence-corrected chi connectivity index (χ2v) is 6.05. The summed E-state index contributed by atoms with van der Waals surface area (Å²) in [5.41, 5.74) is 5.35. The Morgan fingerprint density at radius 2 is 2.25 bits per heavy atom. The summed E-state index contributed by atoms with van der Waals surface area (Å²) in [6.07, 6.45) is 0.874. The average Bonchev–Trinajstić information content (AvgIpc) is 2.88. The molecule has 0 amide bonds. The molecule has 1 aromatic carbocycles. The first kappa shape index (κ1) is 14.6. The number of nitriles is 1. The molecule has 1 aliphatic rings. The Balaban J connectivity index is 2.32. The first-order chi connectivity index (χ1) is 9.43. The third kappa shape index (κ3) is 3.01. The summed E-state index contributed by atoms with van der Waals surface area (Å²) in [6.45, 7) is 1.63. The quantitative estimate of drug-likeness (QED) is 0.764. The first-order valence-corrected chi connectivity index (χ1v) is 7.54. The van der Waals surface area contributed by atoms with Crippen molar-refractivity contribution in [2.24, 2.45) is 11.1 Å². The van der Waals surface area contributed by atoms with Gasteiger partial charge in [0.15, 0.2) is 0 Å². The third-order valence-electron chi connectivity index (χ3n) is 3.04. The van der Waals surface area contributed by atoms with Crippen molar-refractivity contribution in [1.82, 2.24) is 0 Å². The van der Waals surface area contributed by atoms with Gasteiger partial charge in [-0.05, 0) is 18.6 Å². The minimum absolute atomic E-state index is 0.0689. The van der Waals surface area contributed by atoms with Crippen molar-refractivity contribution < 1.29 is 17.9 Å². The Bertz CT molecular complexity index is 645. The van der Waals surface area contributed by atoms with Crippen LogP contribution in [0.15, 0.2) is 17.0 Å². The van der Waals surface area contributed by atoms with Crippen LogP contribution < -0.4 is 15.6 Å². The van der Waals surface area contributed by atoms with Crippen molar-refractivity contribution in [3.8, 4) is 11.8 Å². The van der Waals surface area contributed by atoms with Crippen LogP contribution in [-0.4, -0.2) is 28.2 Å². The van der Waals surface area contributed by atoms with E-state index in [1.54, 1.807) is 6.07 Å². The number of nitrogens with zero attached hydrogens (tertiary/aromatic N) is 1. The van der Waals surface area contributed by atoms with Gasteiger partial charge in [-0.3, -0.25) is 0 Å². The number of nitrogen functional groups attached to an aromatic ring is 1. The minimum Gasteiger partial charge on any atom is -0.492 e. The highest BCUT2D eigenvalue weighted by Gasteiger charge is 2.23. The molecule has 1 fully saturated rings. The molecule has 1 aromatic rings. The van der Waals surface area contributed by atoms with E-state index in [0.29, 0.717) is 19.8 Å². The summed E-state index contributed by atoms with van der Waals surface area (Å²) < 4.78 is 33.8. The molecule has 0 aromatic heterocycles. The van der Waals surface area contributed by atoms with Gasteiger partial charge in [-0.2, -0.15) is 5.26 Å². The zero-order valence-electron chi connectivity index (χ0n) is 10.7. The lowest BCUT2D eigenvalue weighted by Crippen LogP contribution is -2.18. The van der Waals surface area contributed by atoms with E-state index in [1.807, 2.05) is 0 Å². The molecule has 1 saturated heterocycles. The van der Waals surface area contributed by atoms with Gasteiger partial charge in [0.2, 0.25) is 10.0 Å². The topological polar surface area (TPSA) is 128 Å². The summed E-state index contributed by atoms with van der Waals surface area (Å²) in [6, 6.07) is 4.62. The van der Waals surface area contributed by atoms with Crippen molar-refractivity contribution in [2.75, 3.05) is 25.6 Å². The standard InChI is InChI=1S/C12H15N3O4S/c13-5-9-11(19-7-8-3-4-18-6-8)2-1-10(14)12(9)20(15,16)17/h1-2,8H,3-4,6-7,14H2,(H2,15,16,17). The molecule has 0 saturated carbocycles. The number of anilines is 1. The molecule has 4 N–H and O–H groups in total. The first-order valence-electron chi connectivity index (χ1n) is 5.99. The highest BCUT2D eigenvalue weighted by atomic mass is 32.2. The van der Waals surface area contributed by atoms with Gasteiger partial charge in [0.25, 0.3) is 0 Å². The van der Waals surface area contributed by atoms with Crippen LogP contribution in [0.4, 0.5) is 5.69 Å². The maximum absolute atomic E-state index is 11.5. The molecule has 0 aliphatic carbocycles. The van der Waals surface area contributed by atoms with E-state index >= 15 is 0 Å². The van der Waals surface area contributed by atoms with Crippen molar-refractivity contribution >= 4 is 15.7 Å². The number of benzene rings is 1. The second-order valence-electron chi connectivity index (χ2n) is 4.55. The Morgan fingerprint density at radius 3 is 2.80 bits per heavy atom. The summed E-state index contributed by atoms with van der Waals surface area (Å²) in [4.78, 5) is -0.389. The molecule has 1 unspecified atom stereocenters. The van der Waals surface area contributed by atoms with E-state index in [-0.39, 0.29) is 27.8 Å². The van der Waals surface area contributed by atoms with Crippen molar-refractivity contribution in [3.63, 3.8) is 0 Å². The lowest BCUT2D eigenvalue weighted by Gasteiger charge is -2.14. The van der Waals surface area contributed by atoms with E-state index in [2.05, 4.69) is 0 Å². The van der Waals surface area contributed by atoms with Crippen LogP contribution in [0, 0.1) is 17.2 Å². The van der Waals surface area contributed by atoms with Crippen molar-refractivity contribution in [1.29, 1.82) is 5.26 Å². The van der Waals surface area contributed by atoms with E-state index < -0.39 is 10.0 Å². The van der Waals surface area contributed by atoms with Gasteiger partial charge in [-0.15, -0.1) is 0 Å². The zero-order chi connectivity index (χ0) is 14.8. The molecular weight excluding hydrogens is 282 g/mol. The minimum atomic E-state index is -4.09. The summed E-state index contributed by atoms with van der Waals surface area (Å²) in [5.74, 6) is 0.398. The van der Waals surface area contributed by atoms with Gasteiger partial charge in [0, 0.05) is 12.5 Å². The number of ether oxygens (including phenoxy) is 2. The Kier molecular flexibility index (Phi) is 4.13. The van der Waals surface area contributed by atoms with Gasteiger partial charge >= 0.3 is 0 Å². The maximum Gasteiger partial charge on any atom is 0.241 e. The molecule has 2 rings (SSSR count). The molecule has 7 nitrogen and oxygen atoms in total. The van der Waals surface area contributed by atoms with E-state index in [1.165, 1.54) is 12.1 Å². The van der Waals surface area contributed by atoms with Crippen LogP contribution >= 0.6 is 0 Å². The van der Waals surface area contributed by atoms with Crippen LogP contribution in [0.1, 0.15) is 12.0 Å². The molecular formula is C12H15N3O4S. The van der Waals surface area contributed by atoms with Gasteiger partial charge in [-0.1, -0.05) is 0 Å². The summed E-state index contributed by atoms with van der Waals surface area (Å²) in [7, 11) is -4.09. The molecule has 1 aliphatic heterocycles. The molecule has 8 heteroatoms. The Hall–Kier alpha value is -1.82. The van der Waals surface area contributed by atoms with Gasteiger partial charge in [0.1, 0.15) is 22.3 Å². The molecule has 0 spiro atoms. The Labute approximate surface area is 117 Å². The summed E-state index contributed by atoms with van der Waals surface area (Å²) in [5, 5.41) is 14.2. The number of primary sulfonamides is 1. The van der Waals surface area contributed by atoms with Crippen LogP contribution in [0.3, 0.4) is 0 Å². The van der Waals surface area contributed by atoms with E-state index in [9.17, 15) is 8.42 Å². The van der Waals surface area contributed by atoms with E-state index in [4.69, 9.17) is 25.6 Å². The van der Waals surface area contributed by atoms with Gasteiger partial charge < -0.3 is 15.2 Å². The summed E-state index contributed by atoms with van der Waals surface area (Å²) >= 11 is 0. The highest BCUT2D eigenvalue weighted by molar-refractivity contribution is 7.89. The number of sulfonamides is 1. The highest BCUT2D eigenvalue weighted by Crippen LogP contribution is 2.30. The monoisotopic (exact) mass is 297 g/mol. The lowest BCUT2D eigenvalue weighted by atomic mass is 10.1. The average molecular weight is 297 g/mol. The van der Waals surface area contributed by atoms with E-state index in [0.717, 1.165) is 6.42 Å². The number of hydrogen-bond donors (Lipinski definition) is 2. The van der Waals surface area contributed by atoms with Crippen LogP contribution in [0.5, 0.6) is 5.75 Å². The number of nitrogens with two attached hydrogens (primary N) is 2. The largest absolute Gasteiger partial charge is 0.492 e. The van der Waals surface area contributed by atoms with Crippen LogP contribution in [0.25, 0.3) is 0 Å². The molecule has 0 bridgehead atoms. The zero-order valence-corrected chi connectivity index (χ0v) is 11.5. The fraction of sp³-hybridized carbons (Fsp3) is 0.417. The normalized spacial score (nSPS) is 18.7.